The number of aliphatic carboxylic acids is 1. The summed E-state index contributed by atoms with van der Waals surface area (Å²) in [7, 11) is 0. The van der Waals surface area contributed by atoms with Gasteiger partial charge in [0.2, 0.25) is 0 Å². The minimum absolute atomic E-state index is 0.0781. The molecule has 0 aromatic rings. The molecule has 0 bridgehead atoms. The summed E-state index contributed by atoms with van der Waals surface area (Å²) in [5.41, 5.74) is -1.69. The van der Waals surface area contributed by atoms with Crippen molar-refractivity contribution in [3.8, 4) is 0 Å². The zero-order chi connectivity index (χ0) is 14.2. The maximum Gasteiger partial charge on any atom is 0.336 e. The molecule has 3 N–H and O–H groups in total. The van der Waals surface area contributed by atoms with E-state index in [9.17, 15) is 9.90 Å². The van der Waals surface area contributed by atoms with Crippen LogP contribution in [0.15, 0.2) is 0 Å². The molecule has 0 aliphatic heterocycles. The van der Waals surface area contributed by atoms with Crippen LogP contribution in [0.1, 0.15) is 40.5 Å². The Morgan fingerprint density at radius 2 is 1.94 bits per heavy atom. The Morgan fingerprint density at radius 3 is 2.39 bits per heavy atom. The predicted octanol–water partition coefficient (Wildman–Crippen LogP) is 0.922. The van der Waals surface area contributed by atoms with Gasteiger partial charge in [0.1, 0.15) is 0 Å². The third kappa shape index (κ3) is 6.93. The van der Waals surface area contributed by atoms with Crippen molar-refractivity contribution < 1.29 is 15.0 Å². The molecule has 108 valence electrons. The second kappa shape index (κ2) is 8.45. The van der Waals surface area contributed by atoms with E-state index in [0.717, 1.165) is 32.5 Å². The third-order valence-electron chi connectivity index (χ3n) is 3.26. The van der Waals surface area contributed by atoms with Crippen molar-refractivity contribution in [3.63, 3.8) is 0 Å². The summed E-state index contributed by atoms with van der Waals surface area (Å²) in [5.74, 6) is -1.19. The molecule has 2 atom stereocenters. The molecule has 0 aliphatic rings. The molecule has 0 fully saturated rings. The smallest absolute Gasteiger partial charge is 0.336 e. The lowest BCUT2D eigenvalue weighted by Crippen LogP contribution is -2.47. The van der Waals surface area contributed by atoms with Crippen LogP contribution in [0.5, 0.6) is 0 Å². The lowest BCUT2D eigenvalue weighted by molar-refractivity contribution is -0.156. The molecule has 0 heterocycles. The Labute approximate surface area is 110 Å². The van der Waals surface area contributed by atoms with E-state index in [1.54, 1.807) is 0 Å². The number of carboxylic acid groups (broad SMARTS) is 1. The summed E-state index contributed by atoms with van der Waals surface area (Å²) in [5, 5.41) is 21.4. The molecule has 0 aliphatic carbocycles. The molecule has 5 heteroatoms. The van der Waals surface area contributed by atoms with Gasteiger partial charge in [-0.1, -0.05) is 13.8 Å². The predicted molar refractivity (Wildman–Crippen MR) is 72.7 cm³/mol. The van der Waals surface area contributed by atoms with Gasteiger partial charge in [0.25, 0.3) is 0 Å². The highest BCUT2D eigenvalue weighted by molar-refractivity contribution is 5.76. The molecule has 0 amide bonds. The number of hydrogen-bond acceptors (Lipinski definition) is 4. The van der Waals surface area contributed by atoms with Gasteiger partial charge in [0.15, 0.2) is 5.60 Å². The highest BCUT2D eigenvalue weighted by atomic mass is 16.4. The van der Waals surface area contributed by atoms with Crippen molar-refractivity contribution in [3.05, 3.63) is 0 Å². The van der Waals surface area contributed by atoms with Crippen LogP contribution in [-0.2, 0) is 4.79 Å². The van der Waals surface area contributed by atoms with Gasteiger partial charge in [-0.05, 0) is 46.3 Å². The van der Waals surface area contributed by atoms with E-state index in [0.29, 0.717) is 0 Å². The number of nitrogens with one attached hydrogen (secondary N) is 1. The summed E-state index contributed by atoms with van der Waals surface area (Å²) >= 11 is 0. The van der Waals surface area contributed by atoms with E-state index in [-0.39, 0.29) is 12.6 Å². The SMILES string of the molecule is CCN(CC)CCCC(C)NCC(C)(O)C(=O)O. The quantitative estimate of drug-likeness (QED) is 0.545. The summed E-state index contributed by atoms with van der Waals surface area (Å²) in [4.78, 5) is 13.1. The topological polar surface area (TPSA) is 72.8 Å². The van der Waals surface area contributed by atoms with Crippen molar-refractivity contribution in [2.75, 3.05) is 26.2 Å². The zero-order valence-corrected chi connectivity index (χ0v) is 12.1. The second-order valence-corrected chi connectivity index (χ2v) is 5.03. The van der Waals surface area contributed by atoms with Crippen molar-refractivity contribution in [1.82, 2.24) is 10.2 Å². The summed E-state index contributed by atoms with van der Waals surface area (Å²) < 4.78 is 0. The Balaban J connectivity index is 3.78. The van der Waals surface area contributed by atoms with Crippen molar-refractivity contribution in [2.45, 2.75) is 52.2 Å². The van der Waals surface area contributed by atoms with E-state index in [1.807, 2.05) is 6.92 Å². The summed E-state index contributed by atoms with van der Waals surface area (Å²) in [6.45, 7) is 10.9. The van der Waals surface area contributed by atoms with Gasteiger partial charge in [-0.15, -0.1) is 0 Å². The van der Waals surface area contributed by atoms with Crippen molar-refractivity contribution >= 4 is 5.97 Å². The fraction of sp³-hybridized carbons (Fsp3) is 0.923. The second-order valence-electron chi connectivity index (χ2n) is 5.03. The van der Waals surface area contributed by atoms with E-state index >= 15 is 0 Å². The number of nitrogens with zero attached hydrogens (tertiary/aromatic N) is 1. The molecule has 2 unspecified atom stereocenters. The molecule has 18 heavy (non-hydrogen) atoms. The molecule has 0 saturated heterocycles. The Morgan fingerprint density at radius 1 is 1.39 bits per heavy atom. The molecule has 0 saturated carbocycles. The van der Waals surface area contributed by atoms with Crippen molar-refractivity contribution in [1.29, 1.82) is 0 Å². The number of aliphatic hydroxyl groups is 1. The van der Waals surface area contributed by atoms with Crippen LogP contribution in [0.2, 0.25) is 0 Å². The first kappa shape index (κ1) is 17.4. The number of carbonyl (C=O) groups is 1. The Hall–Kier alpha value is -0.650. The van der Waals surface area contributed by atoms with E-state index in [2.05, 4.69) is 24.1 Å². The molecular formula is C13H28N2O3. The van der Waals surface area contributed by atoms with Crippen LogP contribution in [0.25, 0.3) is 0 Å². The first-order valence-corrected chi connectivity index (χ1v) is 6.75. The largest absolute Gasteiger partial charge is 0.479 e. The normalized spacial score (nSPS) is 16.6. The average Bonchev–Trinajstić information content (AvgIpc) is 2.32. The van der Waals surface area contributed by atoms with Gasteiger partial charge >= 0.3 is 5.97 Å². The van der Waals surface area contributed by atoms with Crippen LogP contribution in [0.4, 0.5) is 0 Å². The van der Waals surface area contributed by atoms with Crippen LogP contribution in [0.3, 0.4) is 0 Å². The molecular weight excluding hydrogens is 232 g/mol. The number of hydrogen-bond donors (Lipinski definition) is 3. The van der Waals surface area contributed by atoms with Gasteiger partial charge < -0.3 is 20.4 Å². The molecule has 5 nitrogen and oxygen atoms in total. The lowest BCUT2D eigenvalue weighted by atomic mass is 10.1. The zero-order valence-electron chi connectivity index (χ0n) is 12.1. The molecule has 0 aromatic carbocycles. The van der Waals surface area contributed by atoms with Gasteiger partial charge in [0.05, 0.1) is 0 Å². The third-order valence-corrected chi connectivity index (χ3v) is 3.26. The number of rotatable bonds is 10. The summed E-state index contributed by atoms with van der Waals surface area (Å²) in [6.07, 6.45) is 2.05. The minimum atomic E-state index is -1.69. The van der Waals surface area contributed by atoms with E-state index < -0.39 is 11.6 Å². The first-order chi connectivity index (χ1) is 8.33. The first-order valence-electron chi connectivity index (χ1n) is 6.75. The van der Waals surface area contributed by atoms with Crippen molar-refractivity contribution in [2.24, 2.45) is 0 Å². The van der Waals surface area contributed by atoms with Gasteiger partial charge in [-0.2, -0.15) is 0 Å². The fourth-order valence-electron chi connectivity index (χ4n) is 1.71. The minimum Gasteiger partial charge on any atom is -0.479 e. The molecule has 0 rings (SSSR count). The highest BCUT2D eigenvalue weighted by Crippen LogP contribution is 2.04. The van der Waals surface area contributed by atoms with Crippen LogP contribution >= 0.6 is 0 Å². The maximum absolute atomic E-state index is 10.7. The van der Waals surface area contributed by atoms with Crippen LogP contribution in [0, 0.1) is 0 Å². The van der Waals surface area contributed by atoms with Gasteiger partial charge in [-0.3, -0.25) is 0 Å². The molecule has 0 spiro atoms. The van der Waals surface area contributed by atoms with E-state index in [4.69, 9.17) is 5.11 Å². The number of carboxylic acids is 1. The van der Waals surface area contributed by atoms with Crippen LogP contribution in [-0.4, -0.2) is 58.9 Å². The molecule has 0 aromatic heterocycles. The Bertz CT molecular complexity index is 240. The standard InChI is InChI=1S/C13H28N2O3/c1-5-15(6-2)9-7-8-11(3)14-10-13(4,18)12(16)17/h11,14,18H,5-10H2,1-4H3,(H,16,17). The molecule has 0 radical (unpaired) electrons. The fourth-order valence-corrected chi connectivity index (χ4v) is 1.71. The Kier molecular flexibility index (Phi) is 8.15. The van der Waals surface area contributed by atoms with Crippen LogP contribution < -0.4 is 5.32 Å². The lowest BCUT2D eigenvalue weighted by Gasteiger charge is -2.23. The monoisotopic (exact) mass is 260 g/mol. The van der Waals surface area contributed by atoms with Gasteiger partial charge in [0, 0.05) is 12.6 Å². The summed E-state index contributed by atoms with van der Waals surface area (Å²) in [6, 6.07) is 0.214. The highest BCUT2D eigenvalue weighted by Gasteiger charge is 2.29. The van der Waals surface area contributed by atoms with E-state index in [1.165, 1.54) is 6.92 Å². The maximum atomic E-state index is 10.7. The van der Waals surface area contributed by atoms with Gasteiger partial charge in [-0.25, -0.2) is 4.79 Å². The average molecular weight is 260 g/mol.